The molecule has 0 saturated heterocycles. The summed E-state index contributed by atoms with van der Waals surface area (Å²) in [5.74, 6) is 0. The highest BCUT2D eigenvalue weighted by molar-refractivity contribution is 7.26. The average Bonchev–Trinajstić information content (AvgIpc) is 3.64. The lowest BCUT2D eigenvalue weighted by atomic mass is 9.86. The molecule has 10 aromatic rings. The Labute approximate surface area is 319 Å². The number of fused-ring (bicyclic) bond motifs is 4. The minimum absolute atomic E-state index is 1.11. The molecule has 0 aliphatic carbocycles. The average molecular weight is 706 g/mol. The molecule has 0 bridgehead atoms. The third-order valence-corrected chi connectivity index (χ3v) is 11.6. The van der Waals surface area contributed by atoms with Gasteiger partial charge in [-0.05, 0) is 97.7 Å². The summed E-state index contributed by atoms with van der Waals surface area (Å²) in [6.07, 6.45) is 0. The predicted molar refractivity (Wildman–Crippen MR) is 233 cm³/mol. The minimum atomic E-state index is 1.11. The lowest BCUT2D eigenvalue weighted by Gasteiger charge is -2.27. The Hall–Kier alpha value is -6.74. The first-order valence-electron chi connectivity index (χ1n) is 18.4. The molecule has 0 aliphatic heterocycles. The third kappa shape index (κ3) is 5.65. The highest BCUT2D eigenvalue weighted by Crippen LogP contribution is 2.47. The van der Waals surface area contributed by atoms with Crippen LogP contribution in [0.3, 0.4) is 0 Å². The summed E-state index contributed by atoms with van der Waals surface area (Å²) in [5, 5.41) is 5.05. The van der Waals surface area contributed by atoms with Crippen LogP contribution in [0.25, 0.3) is 75.5 Å². The molecule has 0 radical (unpaired) electrons. The van der Waals surface area contributed by atoms with Crippen molar-refractivity contribution in [3.8, 4) is 44.5 Å². The van der Waals surface area contributed by atoms with Crippen LogP contribution in [0.5, 0.6) is 0 Å². The molecule has 0 aliphatic rings. The number of rotatable bonds is 7. The number of thiophene rings is 1. The van der Waals surface area contributed by atoms with E-state index in [1.54, 1.807) is 0 Å². The molecule has 1 nitrogen and oxygen atoms in total. The smallest absolute Gasteiger partial charge is 0.0554 e. The summed E-state index contributed by atoms with van der Waals surface area (Å²) in [7, 11) is 0. The van der Waals surface area contributed by atoms with E-state index in [1.807, 2.05) is 11.3 Å². The van der Waals surface area contributed by atoms with Gasteiger partial charge in [-0.2, -0.15) is 0 Å². The zero-order valence-corrected chi connectivity index (χ0v) is 30.4. The van der Waals surface area contributed by atoms with Crippen molar-refractivity contribution < 1.29 is 0 Å². The molecule has 54 heavy (non-hydrogen) atoms. The van der Waals surface area contributed by atoms with Gasteiger partial charge in [-0.1, -0.05) is 170 Å². The summed E-state index contributed by atoms with van der Waals surface area (Å²) >= 11 is 1.86. The summed E-state index contributed by atoms with van der Waals surface area (Å²) in [4.78, 5) is 2.42. The molecule has 0 saturated carbocycles. The first kappa shape index (κ1) is 32.0. The summed E-state index contributed by atoms with van der Waals surface area (Å²) in [6, 6.07) is 77.1. The van der Waals surface area contributed by atoms with Gasteiger partial charge in [0.05, 0.1) is 5.69 Å². The van der Waals surface area contributed by atoms with Crippen LogP contribution >= 0.6 is 11.3 Å². The van der Waals surface area contributed by atoms with E-state index in [0.29, 0.717) is 0 Å². The lowest BCUT2D eigenvalue weighted by molar-refractivity contribution is 1.30. The molecule has 0 atom stereocenters. The number of nitrogens with zero attached hydrogens (tertiary/aromatic N) is 1. The molecule has 0 fully saturated rings. The maximum absolute atomic E-state index is 2.42. The van der Waals surface area contributed by atoms with Crippen LogP contribution in [-0.4, -0.2) is 0 Å². The highest BCUT2D eigenvalue weighted by atomic mass is 32.1. The largest absolute Gasteiger partial charge is 0.310 e. The van der Waals surface area contributed by atoms with Gasteiger partial charge < -0.3 is 4.90 Å². The van der Waals surface area contributed by atoms with Crippen molar-refractivity contribution in [2.75, 3.05) is 4.90 Å². The Bertz CT molecular complexity index is 2910. The molecule has 9 aromatic carbocycles. The van der Waals surface area contributed by atoms with Crippen LogP contribution < -0.4 is 4.90 Å². The number of benzene rings is 9. The number of hydrogen-bond acceptors (Lipinski definition) is 2. The van der Waals surface area contributed by atoms with E-state index in [2.05, 4.69) is 217 Å². The molecule has 0 unspecified atom stereocenters. The van der Waals surface area contributed by atoms with Gasteiger partial charge in [0.1, 0.15) is 0 Å². The molecule has 10 rings (SSSR count). The first-order valence-corrected chi connectivity index (χ1v) is 19.2. The second-order valence-electron chi connectivity index (χ2n) is 13.7. The fourth-order valence-electron chi connectivity index (χ4n) is 7.97. The Morgan fingerprint density at radius 1 is 0.315 bits per heavy atom. The minimum Gasteiger partial charge on any atom is -0.310 e. The van der Waals surface area contributed by atoms with E-state index in [1.165, 1.54) is 81.1 Å². The van der Waals surface area contributed by atoms with Gasteiger partial charge >= 0.3 is 0 Å². The van der Waals surface area contributed by atoms with Crippen molar-refractivity contribution in [3.05, 3.63) is 212 Å². The van der Waals surface area contributed by atoms with Gasteiger partial charge in [-0.15, -0.1) is 11.3 Å². The number of hydrogen-bond donors (Lipinski definition) is 0. The van der Waals surface area contributed by atoms with E-state index < -0.39 is 0 Å². The van der Waals surface area contributed by atoms with Crippen LogP contribution in [0.2, 0.25) is 0 Å². The van der Waals surface area contributed by atoms with Gasteiger partial charge in [0.15, 0.2) is 0 Å². The van der Waals surface area contributed by atoms with Crippen LogP contribution in [0, 0.1) is 0 Å². The van der Waals surface area contributed by atoms with Crippen LogP contribution in [-0.2, 0) is 0 Å². The Morgan fingerprint density at radius 3 is 1.59 bits per heavy atom. The summed E-state index contributed by atoms with van der Waals surface area (Å²) in [5.41, 5.74) is 13.1. The molecular weight excluding hydrogens is 671 g/mol. The van der Waals surface area contributed by atoms with E-state index in [4.69, 9.17) is 0 Å². The van der Waals surface area contributed by atoms with Gasteiger partial charge in [-0.25, -0.2) is 0 Å². The van der Waals surface area contributed by atoms with Crippen molar-refractivity contribution >= 4 is 59.3 Å². The Balaban J connectivity index is 1.14. The van der Waals surface area contributed by atoms with Crippen molar-refractivity contribution in [1.29, 1.82) is 0 Å². The zero-order chi connectivity index (χ0) is 35.8. The van der Waals surface area contributed by atoms with E-state index >= 15 is 0 Å². The van der Waals surface area contributed by atoms with Crippen molar-refractivity contribution in [1.82, 2.24) is 0 Å². The van der Waals surface area contributed by atoms with Crippen molar-refractivity contribution in [2.24, 2.45) is 0 Å². The van der Waals surface area contributed by atoms with Crippen LogP contribution in [0.4, 0.5) is 17.1 Å². The maximum Gasteiger partial charge on any atom is 0.0554 e. The van der Waals surface area contributed by atoms with E-state index in [0.717, 1.165) is 11.4 Å². The van der Waals surface area contributed by atoms with Crippen molar-refractivity contribution in [3.63, 3.8) is 0 Å². The quantitative estimate of drug-likeness (QED) is 0.160. The second kappa shape index (κ2) is 13.7. The maximum atomic E-state index is 2.42. The van der Waals surface area contributed by atoms with Crippen molar-refractivity contribution in [2.45, 2.75) is 0 Å². The topological polar surface area (TPSA) is 3.24 Å². The van der Waals surface area contributed by atoms with E-state index in [-0.39, 0.29) is 0 Å². The molecule has 0 amide bonds. The molecule has 0 N–H and O–H groups in total. The van der Waals surface area contributed by atoms with Crippen LogP contribution in [0.1, 0.15) is 0 Å². The molecular formula is C52H35NS. The number of anilines is 3. The van der Waals surface area contributed by atoms with Gasteiger partial charge in [0.25, 0.3) is 0 Å². The summed E-state index contributed by atoms with van der Waals surface area (Å²) in [6.45, 7) is 0. The van der Waals surface area contributed by atoms with Gasteiger partial charge in [0, 0.05) is 31.5 Å². The molecule has 254 valence electrons. The third-order valence-electron chi connectivity index (χ3n) is 10.5. The zero-order valence-electron chi connectivity index (χ0n) is 29.6. The molecule has 0 spiro atoms. The SMILES string of the molecule is c1ccc(-c2ccc(N(c3ccc(-c4ccc5ccccc5c4-c4ccccc4-c4ccccc4)cc3)c3cccc4sc5ccccc5c34)cc2)cc1. The fraction of sp³-hybridized carbons (Fsp3) is 0. The highest BCUT2D eigenvalue weighted by Gasteiger charge is 2.20. The normalized spacial score (nSPS) is 11.3. The monoisotopic (exact) mass is 705 g/mol. The first-order chi connectivity index (χ1) is 26.8. The lowest BCUT2D eigenvalue weighted by Crippen LogP contribution is -2.10. The van der Waals surface area contributed by atoms with Gasteiger partial charge in [-0.3, -0.25) is 0 Å². The molecule has 1 heterocycles. The standard InChI is InChI=1S/C52H35NS/c1-3-14-36(15-4-1)37-26-31-41(32-27-37)53(48-23-13-25-50-52(48)47-22-11-12-24-49(47)54-50)42-33-28-40(29-34-42)45-35-30-39-18-7-8-20-44(39)51(45)46-21-10-9-19-43(46)38-16-5-2-6-17-38/h1-35H. The van der Waals surface area contributed by atoms with E-state index in [9.17, 15) is 0 Å². The second-order valence-corrected chi connectivity index (χ2v) is 14.7. The Kier molecular flexibility index (Phi) is 8.09. The van der Waals surface area contributed by atoms with Crippen LogP contribution in [0.15, 0.2) is 212 Å². The predicted octanol–water partition coefficient (Wildman–Crippen LogP) is 15.3. The fourth-order valence-corrected chi connectivity index (χ4v) is 9.09. The molecule has 1 aromatic heterocycles. The molecule has 2 heteroatoms. The van der Waals surface area contributed by atoms with Gasteiger partial charge in [0.2, 0.25) is 0 Å². The Morgan fingerprint density at radius 2 is 0.852 bits per heavy atom. The summed E-state index contributed by atoms with van der Waals surface area (Å²) < 4.78 is 2.59.